The lowest BCUT2D eigenvalue weighted by molar-refractivity contribution is -0.253. The molecule has 0 aliphatic carbocycles. The maximum atomic E-state index is 12.3. The van der Waals surface area contributed by atoms with E-state index in [1.54, 1.807) is 5.48 Å². The second-order valence-electron chi connectivity index (χ2n) is 13.2. The second kappa shape index (κ2) is 18.7. The van der Waals surface area contributed by atoms with Crippen LogP contribution >= 0.6 is 0 Å². The Kier molecular flexibility index (Phi) is 13.9. The summed E-state index contributed by atoms with van der Waals surface area (Å²) in [6, 6.07) is 33.5. The number of nitrogens with one attached hydrogen (secondary N) is 2. The number of likely N-dealkylation sites (N-methyl/N-ethyl adjacent to an activating group) is 1. The number of carbonyl (C=O) groups is 2. The number of unbranched alkanes of at least 4 members (excludes halogenated alkanes) is 1. The van der Waals surface area contributed by atoms with Gasteiger partial charge in [-0.1, -0.05) is 97.1 Å². The SMILES string of the molecule is C[C@H]([C@@H](O)c1ccccc1)N(C)C[C@H]1C[C@@H](c2ccc(CO)cc2)O[C@@H](c2ccc(-c3cccc(CNC(=O)CCCCC(=O)NO)c3)cc2)O1. The summed E-state index contributed by atoms with van der Waals surface area (Å²) in [5, 5.41) is 32.2. The number of carbonyl (C=O) groups excluding carboxylic acids is 2. The van der Waals surface area contributed by atoms with Crippen molar-refractivity contribution in [3.05, 3.63) is 131 Å². The minimum Gasteiger partial charge on any atom is -0.392 e. The summed E-state index contributed by atoms with van der Waals surface area (Å²) in [4.78, 5) is 25.6. The highest BCUT2D eigenvalue weighted by Crippen LogP contribution is 2.39. The highest BCUT2D eigenvalue weighted by molar-refractivity contribution is 5.76. The number of nitrogens with zero attached hydrogens (tertiary/aromatic N) is 1. The third-order valence-electron chi connectivity index (χ3n) is 9.52. The summed E-state index contributed by atoms with van der Waals surface area (Å²) in [5.41, 5.74) is 8.22. The molecule has 1 aliphatic heterocycles. The fourth-order valence-electron chi connectivity index (χ4n) is 6.30. The fraction of sp³-hybridized carbons (Fsp3) is 0.366. The van der Waals surface area contributed by atoms with Crippen molar-refractivity contribution >= 4 is 11.8 Å². The van der Waals surface area contributed by atoms with E-state index < -0.39 is 18.3 Å². The lowest BCUT2D eigenvalue weighted by Crippen LogP contribution is -2.43. The van der Waals surface area contributed by atoms with Gasteiger partial charge in [0.15, 0.2) is 6.29 Å². The van der Waals surface area contributed by atoms with Crippen molar-refractivity contribution in [3.8, 4) is 11.1 Å². The van der Waals surface area contributed by atoms with Crippen LogP contribution in [-0.4, -0.2) is 57.9 Å². The molecular formula is C41H49N3O7. The predicted octanol–water partition coefficient (Wildman–Crippen LogP) is 6.13. The zero-order valence-electron chi connectivity index (χ0n) is 29.3. The van der Waals surface area contributed by atoms with Crippen LogP contribution in [0.25, 0.3) is 11.1 Å². The molecule has 1 fully saturated rings. The van der Waals surface area contributed by atoms with E-state index in [2.05, 4.69) is 16.3 Å². The van der Waals surface area contributed by atoms with E-state index in [4.69, 9.17) is 14.7 Å². The second-order valence-corrected chi connectivity index (χ2v) is 13.2. The summed E-state index contributed by atoms with van der Waals surface area (Å²) in [6.07, 6.45) is 0.561. The zero-order chi connectivity index (χ0) is 36.2. The summed E-state index contributed by atoms with van der Waals surface area (Å²) in [7, 11) is 2.01. The first kappa shape index (κ1) is 37.8. The van der Waals surface area contributed by atoms with Crippen LogP contribution in [0.4, 0.5) is 0 Å². The van der Waals surface area contributed by atoms with Crippen molar-refractivity contribution in [2.75, 3.05) is 13.6 Å². The van der Waals surface area contributed by atoms with Crippen LogP contribution in [0.2, 0.25) is 0 Å². The van der Waals surface area contributed by atoms with E-state index in [1.807, 2.05) is 111 Å². The van der Waals surface area contributed by atoms with Crippen molar-refractivity contribution < 1.29 is 34.5 Å². The van der Waals surface area contributed by atoms with Crippen molar-refractivity contribution in [3.63, 3.8) is 0 Å². The third-order valence-corrected chi connectivity index (χ3v) is 9.52. The topological polar surface area (TPSA) is 141 Å². The quantitative estimate of drug-likeness (QED) is 0.0536. The number of benzene rings is 4. The molecule has 2 amide bonds. The lowest BCUT2D eigenvalue weighted by atomic mass is 9.98. The molecule has 270 valence electrons. The maximum absolute atomic E-state index is 12.3. The average Bonchev–Trinajstić information content (AvgIpc) is 3.18. The van der Waals surface area contributed by atoms with Gasteiger partial charge >= 0.3 is 0 Å². The number of hydroxylamine groups is 1. The summed E-state index contributed by atoms with van der Waals surface area (Å²) in [5.74, 6) is -0.539. The highest BCUT2D eigenvalue weighted by atomic mass is 16.7. The van der Waals surface area contributed by atoms with Gasteiger partial charge in [-0.2, -0.15) is 0 Å². The maximum Gasteiger partial charge on any atom is 0.243 e. The van der Waals surface area contributed by atoms with Crippen molar-refractivity contribution in [1.82, 2.24) is 15.7 Å². The van der Waals surface area contributed by atoms with Gasteiger partial charge in [0.25, 0.3) is 0 Å². The molecule has 1 saturated heterocycles. The summed E-state index contributed by atoms with van der Waals surface area (Å²) in [6.45, 7) is 2.99. The first-order valence-corrected chi connectivity index (χ1v) is 17.6. The van der Waals surface area contributed by atoms with Gasteiger partial charge in [-0.3, -0.25) is 19.7 Å². The average molecular weight is 696 g/mol. The molecule has 0 spiro atoms. The Labute approximate surface area is 300 Å². The summed E-state index contributed by atoms with van der Waals surface area (Å²) >= 11 is 0. The molecule has 5 atom stereocenters. The number of aliphatic hydroxyl groups is 2. The minimum absolute atomic E-state index is 0.0223. The molecule has 0 aromatic heterocycles. The number of hydrogen-bond acceptors (Lipinski definition) is 8. The van der Waals surface area contributed by atoms with Crippen molar-refractivity contribution in [1.29, 1.82) is 0 Å². The van der Waals surface area contributed by atoms with Crippen LogP contribution in [-0.2, 0) is 32.2 Å². The van der Waals surface area contributed by atoms with Gasteiger partial charge in [0, 0.05) is 44.0 Å². The van der Waals surface area contributed by atoms with Gasteiger partial charge in [0.1, 0.15) is 0 Å². The normalized spacial score (nSPS) is 18.6. The molecule has 10 heteroatoms. The summed E-state index contributed by atoms with van der Waals surface area (Å²) < 4.78 is 13.2. The number of rotatable bonds is 16. The highest BCUT2D eigenvalue weighted by Gasteiger charge is 2.34. The Bertz CT molecular complexity index is 1680. The van der Waals surface area contributed by atoms with Gasteiger partial charge in [0.05, 0.1) is 24.9 Å². The molecule has 1 aliphatic rings. The third kappa shape index (κ3) is 10.8. The monoisotopic (exact) mass is 695 g/mol. The van der Waals surface area contributed by atoms with Crippen LogP contribution in [0.15, 0.2) is 103 Å². The first-order chi connectivity index (χ1) is 24.7. The van der Waals surface area contributed by atoms with Gasteiger partial charge in [-0.05, 0) is 66.3 Å². The Hall–Kier alpha value is -4.42. The van der Waals surface area contributed by atoms with E-state index in [0.29, 0.717) is 38.8 Å². The van der Waals surface area contributed by atoms with Crippen LogP contribution in [0.3, 0.4) is 0 Å². The number of amides is 2. The molecular weight excluding hydrogens is 646 g/mol. The van der Waals surface area contributed by atoms with E-state index >= 15 is 0 Å². The molecule has 1 heterocycles. The molecule has 5 N–H and O–H groups in total. The van der Waals surface area contributed by atoms with Crippen LogP contribution in [0, 0.1) is 0 Å². The van der Waals surface area contributed by atoms with Crippen LogP contribution in [0.5, 0.6) is 0 Å². The Morgan fingerprint density at radius 3 is 2.20 bits per heavy atom. The van der Waals surface area contributed by atoms with Gasteiger partial charge < -0.3 is 25.0 Å². The van der Waals surface area contributed by atoms with E-state index in [9.17, 15) is 19.8 Å². The lowest BCUT2D eigenvalue weighted by Gasteiger charge is -2.39. The van der Waals surface area contributed by atoms with Crippen molar-refractivity contribution in [2.45, 2.75) is 82.8 Å². The Morgan fingerprint density at radius 1 is 0.824 bits per heavy atom. The standard InChI is InChI=1S/C41H49N3O7/c1-28(40(48)33-10-4-3-5-11-33)44(2)26-36-24-37(32-17-15-29(27-45)16-18-32)51-41(50-36)34-21-19-31(20-22-34)35-12-8-9-30(23-35)25-42-38(46)13-6-7-14-39(47)43-49/h3-5,8-12,15-23,28,36-37,40-41,45,48-49H,6-7,13-14,24-27H2,1-2H3,(H,42,46)(H,43,47)/t28-,36-,37+,40-,41+/m1/s1. The number of ether oxygens (including phenoxy) is 2. The van der Waals surface area contributed by atoms with Gasteiger partial charge in [-0.15, -0.1) is 0 Å². The van der Waals surface area contributed by atoms with Crippen LogP contribution < -0.4 is 10.8 Å². The first-order valence-electron chi connectivity index (χ1n) is 17.6. The Balaban J connectivity index is 1.24. The zero-order valence-corrected chi connectivity index (χ0v) is 29.3. The Morgan fingerprint density at radius 2 is 1.51 bits per heavy atom. The molecule has 0 unspecified atom stereocenters. The number of hydrogen-bond donors (Lipinski definition) is 5. The predicted molar refractivity (Wildman–Crippen MR) is 194 cm³/mol. The molecule has 0 bridgehead atoms. The molecule has 51 heavy (non-hydrogen) atoms. The van der Waals surface area contributed by atoms with Crippen LogP contribution in [0.1, 0.15) is 85.3 Å². The molecule has 4 aromatic carbocycles. The van der Waals surface area contributed by atoms with Gasteiger partial charge in [0.2, 0.25) is 11.8 Å². The van der Waals surface area contributed by atoms with Gasteiger partial charge in [-0.25, -0.2) is 5.48 Å². The molecule has 0 saturated carbocycles. The fourth-order valence-corrected chi connectivity index (χ4v) is 6.30. The smallest absolute Gasteiger partial charge is 0.243 e. The van der Waals surface area contributed by atoms with E-state index in [1.165, 1.54) is 0 Å². The molecule has 5 rings (SSSR count). The molecule has 4 aromatic rings. The molecule has 10 nitrogen and oxygen atoms in total. The molecule has 0 radical (unpaired) electrons. The largest absolute Gasteiger partial charge is 0.392 e. The minimum atomic E-state index is -0.644. The number of aliphatic hydroxyl groups excluding tert-OH is 2. The van der Waals surface area contributed by atoms with E-state index in [-0.39, 0.29) is 37.2 Å². The van der Waals surface area contributed by atoms with E-state index in [0.717, 1.165) is 38.9 Å². The van der Waals surface area contributed by atoms with Crippen molar-refractivity contribution in [2.24, 2.45) is 0 Å².